The molecule has 1 N–H and O–H groups in total. The van der Waals surface area contributed by atoms with Gasteiger partial charge in [0.15, 0.2) is 0 Å². The summed E-state index contributed by atoms with van der Waals surface area (Å²) >= 11 is 6.27. The average molecular weight is 540 g/mol. The fourth-order valence-corrected chi connectivity index (χ4v) is 5.34. The van der Waals surface area contributed by atoms with Gasteiger partial charge in [-0.1, -0.05) is 78.3 Å². The van der Waals surface area contributed by atoms with Gasteiger partial charge >= 0.3 is 0 Å². The molecule has 0 radical (unpaired) electrons. The van der Waals surface area contributed by atoms with Gasteiger partial charge in [0.1, 0.15) is 12.6 Å². The van der Waals surface area contributed by atoms with Crippen LogP contribution < -0.4 is 10.2 Å². The fraction of sp³-hybridized carbons (Fsp3) is 0.219. The van der Waals surface area contributed by atoms with E-state index in [-0.39, 0.29) is 36.9 Å². The Morgan fingerprint density at radius 3 is 2.31 bits per heavy atom. The maximum absolute atomic E-state index is 14.1. The van der Waals surface area contributed by atoms with Crippen LogP contribution in [0.1, 0.15) is 35.3 Å². The molecule has 198 valence electrons. The number of carbonyl (C=O) groups is 3. The zero-order valence-corrected chi connectivity index (χ0v) is 22.7. The first kappa shape index (κ1) is 26.4. The highest BCUT2D eigenvalue weighted by atomic mass is 35.5. The van der Waals surface area contributed by atoms with Gasteiger partial charge in [-0.05, 0) is 54.6 Å². The van der Waals surface area contributed by atoms with E-state index < -0.39 is 6.04 Å². The number of anilines is 1. The lowest BCUT2D eigenvalue weighted by atomic mass is 10.0. The van der Waals surface area contributed by atoms with Crippen LogP contribution in [0, 0.1) is 0 Å². The number of carbonyl (C=O) groups excluding carboxylic acids is 3. The molecule has 0 spiro atoms. The van der Waals surface area contributed by atoms with Crippen molar-refractivity contribution >= 4 is 45.8 Å². The van der Waals surface area contributed by atoms with E-state index in [4.69, 9.17) is 11.6 Å². The molecular formula is C32H30ClN3O3. The van der Waals surface area contributed by atoms with Crippen LogP contribution in [0.4, 0.5) is 5.69 Å². The third-order valence-corrected chi connectivity index (χ3v) is 7.12. The zero-order valence-electron chi connectivity index (χ0n) is 21.9. The topological polar surface area (TPSA) is 69.7 Å². The predicted octanol–water partition coefficient (Wildman–Crippen LogP) is 5.62. The molecule has 39 heavy (non-hydrogen) atoms. The highest BCUT2D eigenvalue weighted by Gasteiger charge is 2.36. The van der Waals surface area contributed by atoms with E-state index >= 15 is 0 Å². The molecule has 3 amide bonds. The van der Waals surface area contributed by atoms with Crippen molar-refractivity contribution < 1.29 is 14.4 Å². The minimum absolute atomic E-state index is 0.105. The van der Waals surface area contributed by atoms with E-state index in [1.54, 1.807) is 23.1 Å². The SMILES string of the molecule is CC(C)NC(=O)C(Cc1ccccc1)N(Cc1cccc(Cl)c1)C(=O)CN1C(=O)c2cccc3cccc1c23. The highest BCUT2D eigenvalue weighted by Crippen LogP contribution is 2.37. The van der Waals surface area contributed by atoms with Crippen molar-refractivity contribution in [1.29, 1.82) is 0 Å². The van der Waals surface area contributed by atoms with E-state index in [1.807, 2.05) is 86.6 Å². The van der Waals surface area contributed by atoms with Crippen molar-refractivity contribution in [1.82, 2.24) is 10.2 Å². The number of halogens is 1. The van der Waals surface area contributed by atoms with E-state index in [1.165, 1.54) is 4.90 Å². The number of nitrogens with one attached hydrogen (secondary N) is 1. The van der Waals surface area contributed by atoms with Gasteiger partial charge in [0.2, 0.25) is 11.8 Å². The van der Waals surface area contributed by atoms with Crippen molar-refractivity contribution in [3.05, 3.63) is 113 Å². The molecule has 4 aromatic carbocycles. The molecule has 0 saturated carbocycles. The van der Waals surface area contributed by atoms with Crippen LogP contribution in [-0.4, -0.2) is 41.2 Å². The van der Waals surface area contributed by atoms with Crippen LogP contribution >= 0.6 is 11.6 Å². The molecular weight excluding hydrogens is 510 g/mol. The molecule has 1 heterocycles. The van der Waals surface area contributed by atoms with E-state index in [0.717, 1.165) is 21.9 Å². The minimum Gasteiger partial charge on any atom is -0.352 e. The summed E-state index contributed by atoms with van der Waals surface area (Å²) in [6.45, 7) is 3.76. The summed E-state index contributed by atoms with van der Waals surface area (Å²) in [6, 6.07) is 27.3. The Kier molecular flexibility index (Phi) is 7.66. The summed E-state index contributed by atoms with van der Waals surface area (Å²) in [7, 11) is 0. The van der Waals surface area contributed by atoms with Gasteiger partial charge in [-0.15, -0.1) is 0 Å². The first-order valence-electron chi connectivity index (χ1n) is 13.0. The Balaban J connectivity index is 1.52. The molecule has 1 atom stereocenters. The van der Waals surface area contributed by atoms with Gasteiger partial charge < -0.3 is 10.2 Å². The first-order valence-corrected chi connectivity index (χ1v) is 13.4. The minimum atomic E-state index is -0.794. The fourth-order valence-electron chi connectivity index (χ4n) is 5.13. The summed E-state index contributed by atoms with van der Waals surface area (Å²) in [5, 5.41) is 5.32. The van der Waals surface area contributed by atoms with Crippen LogP contribution in [-0.2, 0) is 22.6 Å². The zero-order chi connectivity index (χ0) is 27.5. The van der Waals surface area contributed by atoms with Crippen molar-refractivity contribution in [2.45, 2.75) is 38.9 Å². The number of rotatable bonds is 9. The summed E-state index contributed by atoms with van der Waals surface area (Å²) in [5.74, 6) is -0.792. The first-order chi connectivity index (χ1) is 18.8. The second-order valence-corrected chi connectivity index (χ2v) is 10.5. The molecule has 0 aliphatic carbocycles. The average Bonchev–Trinajstić information content (AvgIpc) is 3.19. The van der Waals surface area contributed by atoms with Crippen LogP contribution in [0.15, 0.2) is 91.0 Å². The smallest absolute Gasteiger partial charge is 0.259 e. The molecule has 6 nitrogen and oxygen atoms in total. The summed E-state index contributed by atoms with van der Waals surface area (Å²) in [5.41, 5.74) is 3.01. The molecule has 4 aromatic rings. The van der Waals surface area contributed by atoms with Crippen molar-refractivity contribution in [2.24, 2.45) is 0 Å². The highest BCUT2D eigenvalue weighted by molar-refractivity contribution is 6.30. The van der Waals surface area contributed by atoms with Crippen LogP contribution in [0.2, 0.25) is 5.02 Å². The molecule has 1 unspecified atom stereocenters. The molecule has 5 rings (SSSR count). The number of hydrogen-bond donors (Lipinski definition) is 1. The second kappa shape index (κ2) is 11.3. The molecule has 7 heteroatoms. The number of amides is 3. The predicted molar refractivity (Wildman–Crippen MR) is 155 cm³/mol. The second-order valence-electron chi connectivity index (χ2n) is 10.1. The largest absolute Gasteiger partial charge is 0.352 e. The Morgan fingerprint density at radius 2 is 1.59 bits per heavy atom. The third-order valence-electron chi connectivity index (χ3n) is 6.89. The van der Waals surface area contributed by atoms with E-state index in [9.17, 15) is 14.4 Å². The lowest BCUT2D eigenvalue weighted by Gasteiger charge is -2.33. The van der Waals surface area contributed by atoms with Gasteiger partial charge in [0.25, 0.3) is 5.91 Å². The normalized spacial score (nSPS) is 13.1. The Hall–Kier alpha value is -4.16. The van der Waals surface area contributed by atoms with Gasteiger partial charge in [0.05, 0.1) is 5.69 Å². The molecule has 1 aliphatic heterocycles. The van der Waals surface area contributed by atoms with Crippen molar-refractivity contribution in [3.63, 3.8) is 0 Å². The Morgan fingerprint density at radius 1 is 0.897 bits per heavy atom. The van der Waals surface area contributed by atoms with Crippen LogP contribution in [0.25, 0.3) is 10.8 Å². The summed E-state index contributed by atoms with van der Waals surface area (Å²) < 4.78 is 0. The number of hydrogen-bond acceptors (Lipinski definition) is 3. The maximum atomic E-state index is 14.1. The molecule has 1 aliphatic rings. The third kappa shape index (κ3) is 5.66. The van der Waals surface area contributed by atoms with Crippen molar-refractivity contribution in [2.75, 3.05) is 11.4 Å². The Labute approximate surface area is 233 Å². The number of benzene rings is 4. The molecule has 0 aromatic heterocycles. The quantitative estimate of drug-likeness (QED) is 0.300. The maximum Gasteiger partial charge on any atom is 0.259 e. The van der Waals surface area contributed by atoms with E-state index in [2.05, 4.69) is 5.32 Å². The molecule has 0 saturated heterocycles. The van der Waals surface area contributed by atoms with E-state index in [0.29, 0.717) is 22.7 Å². The monoisotopic (exact) mass is 539 g/mol. The van der Waals surface area contributed by atoms with Crippen LogP contribution in [0.3, 0.4) is 0 Å². The standard InChI is InChI=1S/C32H30ClN3O3/c1-21(2)34-31(38)28(18-22-9-4-3-5-10-22)35(19-23-11-6-14-25(33)17-23)29(37)20-36-27-16-8-13-24-12-7-15-26(30(24)27)32(36)39/h3-17,21,28H,18-20H2,1-2H3,(H,34,38). The summed E-state index contributed by atoms with van der Waals surface area (Å²) in [4.78, 5) is 44.3. The lowest BCUT2D eigenvalue weighted by Crippen LogP contribution is -2.54. The Bertz CT molecular complexity index is 1530. The van der Waals surface area contributed by atoms with Crippen LogP contribution in [0.5, 0.6) is 0 Å². The van der Waals surface area contributed by atoms with Gasteiger partial charge in [-0.2, -0.15) is 0 Å². The van der Waals surface area contributed by atoms with Gasteiger partial charge in [0, 0.05) is 35.0 Å². The summed E-state index contributed by atoms with van der Waals surface area (Å²) in [6.07, 6.45) is 0.329. The van der Waals surface area contributed by atoms with Gasteiger partial charge in [-0.3, -0.25) is 19.3 Å². The molecule has 0 bridgehead atoms. The number of nitrogens with zero attached hydrogens (tertiary/aromatic N) is 2. The molecule has 0 fully saturated rings. The van der Waals surface area contributed by atoms with Gasteiger partial charge in [-0.25, -0.2) is 0 Å². The van der Waals surface area contributed by atoms with Crippen molar-refractivity contribution in [3.8, 4) is 0 Å². The lowest BCUT2D eigenvalue weighted by molar-refractivity contribution is -0.140.